The number of benzene rings is 4. The van der Waals surface area contributed by atoms with Gasteiger partial charge in [-0.15, -0.1) is 12.4 Å². The van der Waals surface area contributed by atoms with Crippen molar-refractivity contribution in [2.45, 2.75) is 56.6 Å². The van der Waals surface area contributed by atoms with E-state index in [-0.39, 0.29) is 27.7 Å². The smallest absolute Gasteiger partial charge is 0.252 e. The monoisotopic (exact) mass is 758 g/mol. The molecule has 7 rings (SSSR count). The molecular weight excluding hydrogens is 712 g/mol. The van der Waals surface area contributed by atoms with Crippen LogP contribution in [0.1, 0.15) is 47.7 Å². The molecule has 0 aliphatic carbocycles. The lowest BCUT2D eigenvalue weighted by Gasteiger charge is -2.27. The largest absolute Gasteiger partial charge is 0.341 e. The van der Waals surface area contributed by atoms with Crippen LogP contribution in [0.2, 0.25) is 0 Å². The number of para-hydroxylation sites is 4. The summed E-state index contributed by atoms with van der Waals surface area (Å²) < 4.78 is 28.4. The van der Waals surface area contributed by atoms with Crippen molar-refractivity contribution in [1.82, 2.24) is 9.71 Å². The molecule has 1 aromatic heterocycles. The topological polar surface area (TPSA) is 121 Å². The summed E-state index contributed by atoms with van der Waals surface area (Å²) in [5.74, 6) is -0.284. The summed E-state index contributed by atoms with van der Waals surface area (Å²) in [6.07, 6.45) is 5.86. The number of thiazole rings is 1. The summed E-state index contributed by atoms with van der Waals surface area (Å²) in [5.41, 5.74) is 16.6. The lowest BCUT2D eigenvalue weighted by molar-refractivity contribution is -0.114. The number of carbonyl (C=O) groups excluding carboxylic acids is 1. The molecule has 3 heterocycles. The molecule has 2 aliphatic heterocycles. The molecule has 1 amide bonds. The number of anilines is 5. The van der Waals surface area contributed by atoms with Gasteiger partial charge in [0.25, 0.3) is 10.0 Å². The van der Waals surface area contributed by atoms with Crippen LogP contribution in [0.15, 0.2) is 101 Å². The average molecular weight is 759 g/mol. The van der Waals surface area contributed by atoms with Gasteiger partial charge >= 0.3 is 0 Å². The molecule has 0 saturated carbocycles. The first-order chi connectivity index (χ1) is 24.7. The molecule has 2 aliphatic rings. The summed E-state index contributed by atoms with van der Waals surface area (Å²) in [7, 11) is -3.70. The first-order valence-electron chi connectivity index (χ1n) is 17.6. The number of nitrogens with one attached hydrogen (secondary N) is 2. The Labute approximate surface area is 317 Å². The third-order valence-corrected chi connectivity index (χ3v) is 12.3. The van der Waals surface area contributed by atoms with Crippen LogP contribution in [-0.2, 0) is 40.5 Å². The molecule has 5 aromatic rings. The maximum absolute atomic E-state index is 12.8. The quantitative estimate of drug-likeness (QED) is 0.125. The number of hydrogen-bond acceptors (Lipinski definition) is 8. The van der Waals surface area contributed by atoms with Gasteiger partial charge < -0.3 is 20.9 Å². The molecule has 0 spiro atoms. The fourth-order valence-corrected chi connectivity index (χ4v) is 9.39. The van der Waals surface area contributed by atoms with E-state index in [4.69, 9.17) is 5.73 Å². The summed E-state index contributed by atoms with van der Waals surface area (Å²) in [4.78, 5) is 20.1. The SMILES string of the molecule is CC(=O)Nc1nc(C)c(S(=O)(=O)NCCCN2c3ccccc3CCc3ccccc32)s1.Cl.NCCCN1c2ccccc2CCc2ccccc21. The second-order valence-corrected chi connectivity index (χ2v) is 15.7. The van der Waals surface area contributed by atoms with Gasteiger partial charge in [0, 0.05) is 49.3 Å². The highest BCUT2D eigenvalue weighted by Crippen LogP contribution is 2.37. The van der Waals surface area contributed by atoms with E-state index >= 15 is 0 Å². The van der Waals surface area contributed by atoms with Gasteiger partial charge in [0.1, 0.15) is 0 Å². The highest BCUT2D eigenvalue weighted by molar-refractivity contribution is 7.91. The fraction of sp³-hybridized carbons (Fsp3) is 0.300. The number of hydrogen-bond donors (Lipinski definition) is 3. The molecule has 0 radical (unpaired) electrons. The molecule has 0 bridgehead atoms. The number of fused-ring (bicyclic) bond motifs is 4. The molecule has 52 heavy (non-hydrogen) atoms. The van der Waals surface area contributed by atoms with Gasteiger partial charge in [-0.2, -0.15) is 0 Å². The van der Waals surface area contributed by atoms with Gasteiger partial charge in [0.15, 0.2) is 9.34 Å². The van der Waals surface area contributed by atoms with E-state index in [1.807, 2.05) is 12.1 Å². The van der Waals surface area contributed by atoms with Gasteiger partial charge in [-0.05, 0) is 98.5 Å². The summed E-state index contributed by atoms with van der Waals surface area (Å²) >= 11 is 0.961. The molecule has 12 heteroatoms. The molecule has 0 unspecified atom stereocenters. The van der Waals surface area contributed by atoms with E-state index < -0.39 is 10.0 Å². The van der Waals surface area contributed by atoms with Crippen LogP contribution in [0.3, 0.4) is 0 Å². The molecular formula is C40H47ClN6O3S2. The molecule has 274 valence electrons. The van der Waals surface area contributed by atoms with Gasteiger partial charge in [0.2, 0.25) is 5.91 Å². The van der Waals surface area contributed by atoms with E-state index in [0.717, 1.165) is 56.5 Å². The van der Waals surface area contributed by atoms with Crippen molar-refractivity contribution in [3.8, 4) is 0 Å². The van der Waals surface area contributed by atoms with Crippen LogP contribution < -0.4 is 25.6 Å². The number of amides is 1. The Bertz CT molecular complexity index is 1990. The zero-order valence-corrected chi connectivity index (χ0v) is 32.1. The number of carbonyl (C=O) groups is 1. The van der Waals surface area contributed by atoms with Crippen LogP contribution in [0.4, 0.5) is 27.9 Å². The number of aromatic nitrogens is 1. The molecule has 0 atom stereocenters. The van der Waals surface area contributed by atoms with Crippen molar-refractivity contribution in [1.29, 1.82) is 0 Å². The second kappa shape index (κ2) is 18.0. The Kier molecular flexibility index (Phi) is 13.5. The number of nitrogens with two attached hydrogens (primary N) is 1. The molecule has 4 aromatic carbocycles. The number of halogens is 1. The number of sulfonamides is 1. The van der Waals surface area contributed by atoms with E-state index in [2.05, 4.69) is 110 Å². The first-order valence-corrected chi connectivity index (χ1v) is 19.9. The van der Waals surface area contributed by atoms with Crippen molar-refractivity contribution in [3.63, 3.8) is 0 Å². The first kappa shape index (κ1) is 39.0. The van der Waals surface area contributed by atoms with E-state index in [9.17, 15) is 13.2 Å². The minimum atomic E-state index is -3.70. The zero-order valence-electron chi connectivity index (χ0n) is 29.7. The van der Waals surface area contributed by atoms with Gasteiger partial charge in [-0.3, -0.25) is 4.79 Å². The fourth-order valence-electron chi connectivity index (χ4n) is 6.82. The molecule has 4 N–H and O–H groups in total. The highest BCUT2D eigenvalue weighted by Gasteiger charge is 2.24. The van der Waals surface area contributed by atoms with Crippen molar-refractivity contribution in [3.05, 3.63) is 125 Å². The van der Waals surface area contributed by atoms with Crippen LogP contribution in [0.25, 0.3) is 0 Å². The number of rotatable bonds is 10. The Morgan fingerprint density at radius 1 is 0.731 bits per heavy atom. The number of aryl methyl sites for hydroxylation is 5. The van der Waals surface area contributed by atoms with Crippen LogP contribution >= 0.6 is 23.7 Å². The summed E-state index contributed by atoms with van der Waals surface area (Å²) in [5, 5.41) is 2.83. The van der Waals surface area contributed by atoms with Crippen LogP contribution in [0.5, 0.6) is 0 Å². The minimum Gasteiger partial charge on any atom is -0.341 e. The Morgan fingerprint density at radius 3 is 1.54 bits per heavy atom. The van der Waals surface area contributed by atoms with Gasteiger partial charge in [-0.1, -0.05) is 84.1 Å². The molecule has 9 nitrogen and oxygen atoms in total. The Hall–Kier alpha value is -4.26. The Morgan fingerprint density at radius 2 is 1.13 bits per heavy atom. The predicted octanol–water partition coefficient (Wildman–Crippen LogP) is 7.71. The lowest BCUT2D eigenvalue weighted by Crippen LogP contribution is -2.28. The van der Waals surface area contributed by atoms with Gasteiger partial charge in [-0.25, -0.2) is 18.1 Å². The Balaban J connectivity index is 0.000000223. The van der Waals surface area contributed by atoms with E-state index in [1.165, 1.54) is 51.9 Å². The second-order valence-electron chi connectivity index (χ2n) is 12.8. The van der Waals surface area contributed by atoms with Crippen LogP contribution in [-0.4, -0.2) is 45.5 Å². The number of nitrogens with zero attached hydrogens (tertiary/aromatic N) is 3. The van der Waals surface area contributed by atoms with Crippen molar-refractivity contribution in [2.75, 3.05) is 41.3 Å². The van der Waals surface area contributed by atoms with E-state index in [0.29, 0.717) is 25.2 Å². The normalized spacial score (nSPS) is 13.1. The summed E-state index contributed by atoms with van der Waals surface area (Å²) in [6.45, 7) is 5.71. The average Bonchev–Trinajstić information content (AvgIpc) is 3.33. The highest BCUT2D eigenvalue weighted by atomic mass is 35.5. The summed E-state index contributed by atoms with van der Waals surface area (Å²) in [6, 6.07) is 34.3. The van der Waals surface area contributed by atoms with Crippen molar-refractivity contribution >= 4 is 67.6 Å². The molecule has 0 fully saturated rings. The zero-order chi connectivity index (χ0) is 35.8. The van der Waals surface area contributed by atoms with Crippen molar-refractivity contribution < 1.29 is 13.2 Å². The maximum Gasteiger partial charge on any atom is 0.252 e. The third kappa shape index (κ3) is 9.20. The lowest BCUT2D eigenvalue weighted by atomic mass is 10.0. The predicted molar refractivity (Wildman–Crippen MR) is 216 cm³/mol. The maximum atomic E-state index is 12.8. The van der Waals surface area contributed by atoms with E-state index in [1.54, 1.807) is 6.92 Å². The third-order valence-electron chi connectivity index (χ3n) is 9.17. The standard InChI is InChI=1S/C23H26N4O3S2.C17H20N2.ClH/c1-16-22(31-23(25-16)26-17(2)28)32(29,30)24-14-7-15-27-20-10-5-3-8-18(20)12-13-19-9-4-6-11-21(19)27;18-12-5-13-19-16-8-3-1-6-14(16)10-11-15-7-2-4-9-17(15)19;/h3-6,8-11,24H,7,12-15H2,1-2H3,(H,25,26,28);1-4,6-9H,5,10-13,18H2;1H. The van der Waals surface area contributed by atoms with Gasteiger partial charge in [0.05, 0.1) is 5.69 Å². The van der Waals surface area contributed by atoms with Crippen molar-refractivity contribution in [2.24, 2.45) is 5.73 Å². The minimum absolute atomic E-state index is 0. The molecule has 0 saturated heterocycles. The van der Waals surface area contributed by atoms with Crippen LogP contribution in [0, 0.1) is 6.92 Å².